The van der Waals surface area contributed by atoms with Crippen LogP contribution in [0.4, 0.5) is 5.69 Å². The summed E-state index contributed by atoms with van der Waals surface area (Å²) in [7, 11) is 2.03. The molecule has 1 aliphatic heterocycles. The number of nitrogens with zero attached hydrogens (tertiary/aromatic N) is 2. The van der Waals surface area contributed by atoms with Crippen LogP contribution >= 0.6 is 0 Å². The first-order valence-electron chi connectivity index (χ1n) is 7.52. The SMILES string of the molecule is CN(CC(=O)Nc1cccnc1)[C@@H]1[C@H]2CCO[C@H]2C1(C)C. The highest BCUT2D eigenvalue weighted by Gasteiger charge is 2.60. The van der Waals surface area contributed by atoms with Crippen LogP contribution in [0.25, 0.3) is 0 Å². The second-order valence-electron chi connectivity index (χ2n) is 6.72. The van der Waals surface area contributed by atoms with Crippen LogP contribution in [0.15, 0.2) is 24.5 Å². The standard InChI is InChI=1S/C16H23N3O2/c1-16(2)14(12-6-8-21-15(12)16)19(3)10-13(20)18-11-5-4-7-17-9-11/h4-5,7,9,12,14-15H,6,8,10H2,1-3H3,(H,18,20)/t12-,14-,15-/m1/s1. The first-order chi connectivity index (χ1) is 10.00. The lowest BCUT2D eigenvalue weighted by Crippen LogP contribution is -2.66. The summed E-state index contributed by atoms with van der Waals surface area (Å²) in [4.78, 5) is 18.3. The molecule has 2 heterocycles. The molecular formula is C16H23N3O2. The molecule has 114 valence electrons. The lowest BCUT2D eigenvalue weighted by molar-refractivity contribution is -0.152. The van der Waals surface area contributed by atoms with E-state index in [9.17, 15) is 4.79 Å². The summed E-state index contributed by atoms with van der Waals surface area (Å²) < 4.78 is 5.81. The van der Waals surface area contributed by atoms with Gasteiger partial charge in [0.05, 0.1) is 24.5 Å². The van der Waals surface area contributed by atoms with E-state index in [1.54, 1.807) is 12.4 Å². The molecule has 21 heavy (non-hydrogen) atoms. The van der Waals surface area contributed by atoms with Gasteiger partial charge in [0.2, 0.25) is 5.91 Å². The average molecular weight is 289 g/mol. The number of amides is 1. The van der Waals surface area contributed by atoms with Gasteiger partial charge in [-0.05, 0) is 25.6 Å². The molecular weight excluding hydrogens is 266 g/mol. The number of aromatic nitrogens is 1. The Kier molecular flexibility index (Phi) is 3.71. The Balaban J connectivity index is 1.59. The Morgan fingerprint density at radius 3 is 3.10 bits per heavy atom. The predicted molar refractivity (Wildman–Crippen MR) is 80.9 cm³/mol. The van der Waals surface area contributed by atoms with Crippen molar-refractivity contribution in [1.82, 2.24) is 9.88 Å². The molecule has 3 atom stereocenters. The summed E-state index contributed by atoms with van der Waals surface area (Å²) in [5.41, 5.74) is 0.857. The highest BCUT2D eigenvalue weighted by Crippen LogP contribution is 2.54. The molecule has 1 aliphatic carbocycles. The topological polar surface area (TPSA) is 54.5 Å². The minimum absolute atomic E-state index is 0.00339. The zero-order valence-electron chi connectivity index (χ0n) is 12.9. The van der Waals surface area contributed by atoms with Crippen LogP contribution in [-0.4, -0.2) is 48.1 Å². The first-order valence-corrected chi connectivity index (χ1v) is 7.52. The lowest BCUT2D eigenvalue weighted by atomic mass is 9.57. The zero-order chi connectivity index (χ0) is 15.0. The van der Waals surface area contributed by atoms with Gasteiger partial charge >= 0.3 is 0 Å². The Labute approximate surface area is 125 Å². The number of hydrogen-bond donors (Lipinski definition) is 1. The van der Waals surface area contributed by atoms with Gasteiger partial charge in [-0.1, -0.05) is 13.8 Å². The van der Waals surface area contributed by atoms with E-state index in [0.717, 1.165) is 18.7 Å². The molecule has 1 aromatic rings. The van der Waals surface area contributed by atoms with Crippen LogP contribution in [0.1, 0.15) is 20.3 Å². The quantitative estimate of drug-likeness (QED) is 0.918. The summed E-state index contributed by atoms with van der Waals surface area (Å²) in [5.74, 6) is 0.569. The van der Waals surface area contributed by atoms with E-state index in [4.69, 9.17) is 4.74 Å². The summed E-state index contributed by atoms with van der Waals surface area (Å²) in [6.07, 6.45) is 4.81. The Morgan fingerprint density at radius 1 is 1.57 bits per heavy atom. The number of anilines is 1. The summed E-state index contributed by atoms with van der Waals surface area (Å²) in [5, 5.41) is 2.89. The molecule has 5 heteroatoms. The summed E-state index contributed by atoms with van der Waals surface area (Å²) >= 11 is 0. The molecule has 1 saturated carbocycles. The van der Waals surface area contributed by atoms with E-state index < -0.39 is 0 Å². The number of pyridine rings is 1. The fourth-order valence-corrected chi connectivity index (χ4v) is 4.15. The number of hydrogen-bond acceptors (Lipinski definition) is 4. The number of carbonyl (C=O) groups excluding carboxylic acids is 1. The van der Waals surface area contributed by atoms with Gasteiger partial charge in [-0.3, -0.25) is 14.7 Å². The predicted octanol–water partition coefficient (Wildman–Crippen LogP) is 1.77. The zero-order valence-corrected chi connectivity index (χ0v) is 12.9. The molecule has 1 N–H and O–H groups in total. The Morgan fingerprint density at radius 2 is 2.38 bits per heavy atom. The molecule has 0 unspecified atom stereocenters. The van der Waals surface area contributed by atoms with Crippen molar-refractivity contribution in [3.8, 4) is 0 Å². The van der Waals surface area contributed by atoms with Crippen LogP contribution in [0.3, 0.4) is 0 Å². The Bertz CT molecular complexity index is 518. The van der Waals surface area contributed by atoms with Gasteiger partial charge in [0.1, 0.15) is 0 Å². The minimum Gasteiger partial charge on any atom is -0.377 e. The van der Waals surface area contributed by atoms with Gasteiger partial charge in [0, 0.05) is 30.2 Å². The summed E-state index contributed by atoms with van der Waals surface area (Å²) in [6.45, 7) is 5.72. The van der Waals surface area contributed by atoms with Crippen molar-refractivity contribution in [2.24, 2.45) is 11.3 Å². The normalized spacial score (nSPS) is 29.8. The fourth-order valence-electron chi connectivity index (χ4n) is 4.15. The van der Waals surface area contributed by atoms with Crippen LogP contribution in [0.2, 0.25) is 0 Å². The minimum atomic E-state index is 0.00339. The van der Waals surface area contributed by atoms with Crippen molar-refractivity contribution in [2.75, 3.05) is 25.5 Å². The second kappa shape index (κ2) is 5.39. The number of likely N-dealkylation sites (N-methyl/N-ethyl adjacent to an activating group) is 1. The molecule has 2 fully saturated rings. The second-order valence-corrected chi connectivity index (χ2v) is 6.72. The van der Waals surface area contributed by atoms with Crippen molar-refractivity contribution in [1.29, 1.82) is 0 Å². The maximum Gasteiger partial charge on any atom is 0.238 e. The van der Waals surface area contributed by atoms with Crippen molar-refractivity contribution in [3.63, 3.8) is 0 Å². The lowest BCUT2D eigenvalue weighted by Gasteiger charge is -2.57. The van der Waals surface area contributed by atoms with E-state index in [-0.39, 0.29) is 11.3 Å². The number of nitrogens with one attached hydrogen (secondary N) is 1. The van der Waals surface area contributed by atoms with Crippen LogP contribution < -0.4 is 5.32 Å². The average Bonchev–Trinajstić information content (AvgIpc) is 2.85. The maximum atomic E-state index is 12.2. The molecule has 5 nitrogen and oxygen atoms in total. The van der Waals surface area contributed by atoms with E-state index in [0.29, 0.717) is 24.6 Å². The smallest absolute Gasteiger partial charge is 0.238 e. The molecule has 0 radical (unpaired) electrons. The molecule has 1 aromatic heterocycles. The molecule has 1 saturated heterocycles. The molecule has 0 aromatic carbocycles. The van der Waals surface area contributed by atoms with Gasteiger partial charge in [-0.15, -0.1) is 0 Å². The first kappa shape index (κ1) is 14.5. The maximum absolute atomic E-state index is 12.2. The largest absolute Gasteiger partial charge is 0.377 e. The number of ether oxygens (including phenoxy) is 1. The van der Waals surface area contributed by atoms with Crippen molar-refractivity contribution >= 4 is 11.6 Å². The molecule has 0 bridgehead atoms. The van der Waals surface area contributed by atoms with Gasteiger partial charge in [-0.25, -0.2) is 0 Å². The van der Waals surface area contributed by atoms with E-state index in [1.807, 2.05) is 19.2 Å². The van der Waals surface area contributed by atoms with Crippen molar-refractivity contribution < 1.29 is 9.53 Å². The van der Waals surface area contributed by atoms with Crippen molar-refractivity contribution in [3.05, 3.63) is 24.5 Å². The van der Waals surface area contributed by atoms with E-state index in [2.05, 4.69) is 29.0 Å². The number of fused-ring (bicyclic) bond motifs is 1. The van der Waals surface area contributed by atoms with Crippen LogP contribution in [0.5, 0.6) is 0 Å². The molecule has 1 amide bonds. The monoisotopic (exact) mass is 289 g/mol. The molecule has 3 rings (SSSR count). The van der Waals surface area contributed by atoms with Gasteiger partial charge in [0.25, 0.3) is 0 Å². The highest BCUT2D eigenvalue weighted by atomic mass is 16.5. The van der Waals surface area contributed by atoms with Crippen molar-refractivity contribution in [2.45, 2.75) is 32.4 Å². The van der Waals surface area contributed by atoms with Gasteiger partial charge in [0.15, 0.2) is 0 Å². The summed E-state index contributed by atoms with van der Waals surface area (Å²) in [6, 6.07) is 4.07. The molecule has 2 aliphatic rings. The van der Waals surface area contributed by atoms with E-state index >= 15 is 0 Å². The third-order valence-electron chi connectivity index (χ3n) is 4.85. The van der Waals surface area contributed by atoms with Gasteiger partial charge in [-0.2, -0.15) is 0 Å². The van der Waals surface area contributed by atoms with Gasteiger partial charge < -0.3 is 10.1 Å². The van der Waals surface area contributed by atoms with E-state index in [1.165, 1.54) is 0 Å². The third kappa shape index (κ3) is 2.56. The highest BCUT2D eigenvalue weighted by molar-refractivity contribution is 5.92. The third-order valence-corrected chi connectivity index (χ3v) is 4.85. The van der Waals surface area contributed by atoms with Crippen LogP contribution in [-0.2, 0) is 9.53 Å². The number of rotatable bonds is 4. The Hall–Kier alpha value is -1.46. The van der Waals surface area contributed by atoms with Crippen LogP contribution in [0, 0.1) is 11.3 Å². The molecule has 0 spiro atoms. The fraction of sp³-hybridized carbons (Fsp3) is 0.625. The number of carbonyl (C=O) groups is 1.